The normalized spacial score (nSPS) is 22.5. The smallest absolute Gasteiger partial charge is 0.316 e. The van der Waals surface area contributed by atoms with Gasteiger partial charge in [0.25, 0.3) is 5.56 Å². The van der Waals surface area contributed by atoms with E-state index in [0.717, 1.165) is 32.4 Å². The largest absolute Gasteiger partial charge is 0.329 e. The predicted molar refractivity (Wildman–Crippen MR) is 113 cm³/mol. The predicted octanol–water partition coefficient (Wildman–Crippen LogP) is 2.36. The first kappa shape index (κ1) is 20.8. The molecule has 1 aliphatic carbocycles. The summed E-state index contributed by atoms with van der Waals surface area (Å²) in [5.74, 6) is -0.437. The van der Waals surface area contributed by atoms with Crippen LogP contribution in [0.1, 0.15) is 55.8 Å². The number of aromatic nitrogens is 2. The summed E-state index contributed by atoms with van der Waals surface area (Å²) >= 11 is 0. The first-order valence-corrected chi connectivity index (χ1v) is 10.5. The molecule has 160 valence electrons. The molecule has 0 radical (unpaired) electrons. The van der Waals surface area contributed by atoms with Gasteiger partial charge in [-0.1, -0.05) is 6.92 Å². The number of fused-ring (bicyclic) bond motifs is 1. The van der Waals surface area contributed by atoms with E-state index in [1.807, 2.05) is 18.9 Å². The number of benzene rings is 1. The summed E-state index contributed by atoms with van der Waals surface area (Å²) in [5, 5.41) is 12.7. The van der Waals surface area contributed by atoms with Crippen LogP contribution in [0.25, 0.3) is 10.9 Å². The van der Waals surface area contributed by atoms with Crippen LogP contribution in [0.5, 0.6) is 0 Å². The highest BCUT2D eigenvalue weighted by Gasteiger charge is 2.42. The maximum Gasteiger partial charge on any atom is 0.329 e. The third kappa shape index (κ3) is 3.36. The number of nitrogens with one attached hydrogen (secondary N) is 2. The molecule has 7 nitrogen and oxygen atoms in total. The summed E-state index contributed by atoms with van der Waals surface area (Å²) in [6.45, 7) is 6.04. The topological polar surface area (TPSA) is 93.9 Å². The highest BCUT2D eigenvalue weighted by atomic mass is 19.1. The van der Waals surface area contributed by atoms with Gasteiger partial charge in [0.05, 0.1) is 17.0 Å². The lowest BCUT2D eigenvalue weighted by molar-refractivity contribution is 0.110. The molecular weight excluding hydrogens is 385 g/mol. The summed E-state index contributed by atoms with van der Waals surface area (Å²) in [5.41, 5.74) is 0.476. The Labute approximate surface area is 174 Å². The van der Waals surface area contributed by atoms with Crippen molar-refractivity contribution in [3.63, 3.8) is 0 Å². The second-order valence-electron chi connectivity index (χ2n) is 9.03. The van der Waals surface area contributed by atoms with E-state index in [2.05, 4.69) is 23.3 Å². The summed E-state index contributed by atoms with van der Waals surface area (Å²) in [7, 11) is 1.92. The standard InChI is InChI=1S/C22H28FN5O2/c1-13-17(19(27(3)10-4-8-24)22(2)7-9-25-12-22)16(23)11-15-18(13)28(14-5-6-14)21(30)26-20(15)29/h11,14,19,25H,4-7,9-10,12H2,1-3H3,(H,26,29,30). The fourth-order valence-electron chi connectivity index (χ4n) is 5.13. The number of rotatable bonds is 6. The molecule has 2 unspecified atom stereocenters. The molecule has 2 heterocycles. The zero-order valence-corrected chi connectivity index (χ0v) is 17.7. The molecule has 2 aliphatic rings. The van der Waals surface area contributed by atoms with Gasteiger partial charge in [0.1, 0.15) is 5.82 Å². The lowest BCUT2D eigenvalue weighted by atomic mass is 9.75. The molecule has 1 aliphatic heterocycles. The second-order valence-corrected chi connectivity index (χ2v) is 9.03. The number of nitrogens with zero attached hydrogens (tertiary/aromatic N) is 3. The van der Waals surface area contributed by atoms with Crippen molar-refractivity contribution in [3.8, 4) is 6.07 Å². The van der Waals surface area contributed by atoms with Crippen LogP contribution in [0.3, 0.4) is 0 Å². The molecule has 2 aromatic rings. The molecule has 1 saturated carbocycles. The Balaban J connectivity index is 1.99. The van der Waals surface area contributed by atoms with Gasteiger partial charge in [-0.2, -0.15) is 5.26 Å². The molecule has 0 amide bonds. The van der Waals surface area contributed by atoms with E-state index in [1.165, 1.54) is 6.07 Å². The van der Waals surface area contributed by atoms with Crippen LogP contribution in [-0.4, -0.2) is 41.1 Å². The van der Waals surface area contributed by atoms with Crippen molar-refractivity contribution >= 4 is 10.9 Å². The molecule has 0 bridgehead atoms. The molecule has 30 heavy (non-hydrogen) atoms. The van der Waals surface area contributed by atoms with Crippen LogP contribution in [0.2, 0.25) is 0 Å². The van der Waals surface area contributed by atoms with Crippen LogP contribution in [-0.2, 0) is 0 Å². The van der Waals surface area contributed by atoms with Gasteiger partial charge in [-0.3, -0.25) is 19.2 Å². The average molecular weight is 413 g/mol. The molecule has 0 spiro atoms. The zero-order valence-electron chi connectivity index (χ0n) is 17.7. The fourth-order valence-corrected chi connectivity index (χ4v) is 5.13. The number of aromatic amines is 1. The summed E-state index contributed by atoms with van der Waals surface area (Å²) in [4.78, 5) is 29.5. The Morgan fingerprint density at radius 2 is 2.17 bits per heavy atom. The third-order valence-corrected chi connectivity index (χ3v) is 6.73. The van der Waals surface area contributed by atoms with Crippen LogP contribution in [0.15, 0.2) is 15.7 Å². The number of aryl methyl sites for hydroxylation is 1. The van der Waals surface area contributed by atoms with E-state index in [1.54, 1.807) is 4.57 Å². The van der Waals surface area contributed by atoms with Gasteiger partial charge in [0.2, 0.25) is 0 Å². The highest BCUT2D eigenvalue weighted by molar-refractivity contribution is 5.83. The van der Waals surface area contributed by atoms with Crippen LogP contribution >= 0.6 is 0 Å². The van der Waals surface area contributed by atoms with E-state index >= 15 is 4.39 Å². The molecule has 8 heteroatoms. The number of hydrogen-bond acceptors (Lipinski definition) is 5. The fraction of sp³-hybridized carbons (Fsp3) is 0.591. The lowest BCUT2D eigenvalue weighted by Gasteiger charge is -2.41. The third-order valence-electron chi connectivity index (χ3n) is 6.73. The van der Waals surface area contributed by atoms with Crippen LogP contribution in [0, 0.1) is 29.5 Å². The van der Waals surface area contributed by atoms with E-state index in [4.69, 9.17) is 5.26 Å². The SMILES string of the molecule is Cc1c(C(N(C)CCC#N)C2(C)CCNC2)c(F)cc2c(=O)[nH]c(=O)n(C3CC3)c12. The maximum atomic E-state index is 15.6. The quantitative estimate of drug-likeness (QED) is 0.758. The van der Waals surface area contributed by atoms with Gasteiger partial charge in [-0.25, -0.2) is 9.18 Å². The van der Waals surface area contributed by atoms with Gasteiger partial charge >= 0.3 is 5.69 Å². The van der Waals surface area contributed by atoms with E-state index in [-0.39, 0.29) is 22.9 Å². The van der Waals surface area contributed by atoms with Crippen molar-refractivity contribution in [1.82, 2.24) is 19.8 Å². The Hall–Kier alpha value is -2.50. The van der Waals surface area contributed by atoms with E-state index in [9.17, 15) is 9.59 Å². The average Bonchev–Trinajstić information content (AvgIpc) is 3.43. The molecule has 4 rings (SSSR count). The highest BCUT2D eigenvalue weighted by Crippen LogP contribution is 2.46. The summed E-state index contributed by atoms with van der Waals surface area (Å²) < 4.78 is 17.2. The molecule has 1 aromatic heterocycles. The molecule has 1 saturated heterocycles. The minimum Gasteiger partial charge on any atom is -0.316 e. The van der Waals surface area contributed by atoms with Crippen molar-refractivity contribution in [2.45, 2.75) is 51.6 Å². The lowest BCUT2D eigenvalue weighted by Crippen LogP contribution is -2.41. The van der Waals surface area contributed by atoms with Gasteiger partial charge in [-0.15, -0.1) is 0 Å². The summed E-state index contributed by atoms with van der Waals surface area (Å²) in [6, 6.07) is 3.22. The van der Waals surface area contributed by atoms with Gasteiger partial charge in [0, 0.05) is 42.6 Å². The molecule has 2 N–H and O–H groups in total. The number of halogens is 1. The minimum atomic E-state index is -0.552. The van der Waals surface area contributed by atoms with Crippen LogP contribution in [0.4, 0.5) is 4.39 Å². The van der Waals surface area contributed by atoms with Crippen molar-refractivity contribution < 1.29 is 4.39 Å². The summed E-state index contributed by atoms with van der Waals surface area (Å²) in [6.07, 6.45) is 2.97. The van der Waals surface area contributed by atoms with Crippen molar-refractivity contribution in [2.24, 2.45) is 5.41 Å². The van der Waals surface area contributed by atoms with Gasteiger partial charge in [0.15, 0.2) is 0 Å². The van der Waals surface area contributed by atoms with Crippen molar-refractivity contribution in [3.05, 3.63) is 43.8 Å². The number of hydrogen-bond donors (Lipinski definition) is 2. The van der Waals surface area contributed by atoms with E-state index in [0.29, 0.717) is 29.6 Å². The Kier molecular flexibility index (Phi) is 5.28. The van der Waals surface area contributed by atoms with Gasteiger partial charge < -0.3 is 5.32 Å². The Bertz CT molecular complexity index is 1140. The first-order chi connectivity index (χ1) is 14.3. The monoisotopic (exact) mass is 413 g/mol. The number of H-pyrrole nitrogens is 1. The van der Waals surface area contributed by atoms with Gasteiger partial charge in [-0.05, 0) is 51.4 Å². The van der Waals surface area contributed by atoms with Crippen LogP contribution < -0.4 is 16.6 Å². The van der Waals surface area contributed by atoms with Crippen molar-refractivity contribution in [2.75, 3.05) is 26.7 Å². The Morgan fingerprint density at radius 3 is 2.77 bits per heavy atom. The Morgan fingerprint density at radius 1 is 1.43 bits per heavy atom. The van der Waals surface area contributed by atoms with Crippen molar-refractivity contribution in [1.29, 1.82) is 5.26 Å². The molecule has 2 fully saturated rings. The van der Waals surface area contributed by atoms with E-state index < -0.39 is 17.1 Å². The second kappa shape index (κ2) is 7.64. The number of nitriles is 1. The zero-order chi connectivity index (χ0) is 21.6. The molecular formula is C22H28FN5O2. The minimum absolute atomic E-state index is 0.0485. The molecule has 1 aromatic carbocycles. The molecule has 2 atom stereocenters. The first-order valence-electron chi connectivity index (χ1n) is 10.5. The maximum absolute atomic E-state index is 15.6.